The highest BCUT2D eigenvalue weighted by atomic mass is 32.2. The second-order valence-electron chi connectivity index (χ2n) is 7.94. The van der Waals surface area contributed by atoms with Gasteiger partial charge in [0.25, 0.3) is 15.9 Å². The number of carbonyl (C=O) groups is 2. The Balaban J connectivity index is 1.49. The van der Waals surface area contributed by atoms with Crippen molar-refractivity contribution >= 4 is 33.4 Å². The molecule has 2 heterocycles. The van der Waals surface area contributed by atoms with Gasteiger partial charge in [-0.15, -0.1) is 4.40 Å². The molecule has 2 aliphatic rings. The highest BCUT2D eigenvalue weighted by Crippen LogP contribution is 2.29. The summed E-state index contributed by atoms with van der Waals surface area (Å²) in [5, 5.41) is 2.71. The van der Waals surface area contributed by atoms with Crippen LogP contribution in [0.4, 0.5) is 5.69 Å². The molecule has 162 valence electrons. The molecule has 2 aromatic rings. The lowest BCUT2D eigenvalue weighted by Gasteiger charge is -2.33. The Kier molecular flexibility index (Phi) is 5.30. The maximum atomic E-state index is 12.9. The molecule has 4 rings (SSSR count). The molecular weight excluding hydrogens is 418 g/mol. The highest BCUT2D eigenvalue weighted by Gasteiger charge is 2.42. The number of nitrogens with one attached hydrogen (secondary N) is 1. The van der Waals surface area contributed by atoms with Gasteiger partial charge in [-0.1, -0.05) is 18.2 Å². The minimum atomic E-state index is -3.83. The van der Waals surface area contributed by atoms with Gasteiger partial charge in [0.05, 0.1) is 10.5 Å². The number of benzene rings is 2. The first-order chi connectivity index (χ1) is 14.7. The lowest BCUT2D eigenvalue weighted by molar-refractivity contribution is -0.134. The monoisotopic (exact) mass is 441 g/mol. The number of hydrogen-bond acceptors (Lipinski definition) is 5. The van der Waals surface area contributed by atoms with Crippen molar-refractivity contribution in [2.45, 2.75) is 36.7 Å². The third-order valence-corrected chi connectivity index (χ3v) is 6.85. The number of likely N-dealkylation sites (tertiary alicyclic amines) is 1. The number of carbonyl (C=O) groups excluding carboxylic acids is 2. The fraction of sp³-hybridized carbons (Fsp3) is 0.318. The van der Waals surface area contributed by atoms with Crippen molar-refractivity contribution in [3.05, 3.63) is 59.7 Å². The van der Waals surface area contributed by atoms with E-state index in [0.717, 1.165) is 18.5 Å². The number of amidine groups is 1. The maximum Gasteiger partial charge on any atom is 0.339 e. The van der Waals surface area contributed by atoms with Crippen molar-refractivity contribution in [1.29, 1.82) is 0 Å². The van der Waals surface area contributed by atoms with Gasteiger partial charge in [0.2, 0.25) is 0 Å². The van der Waals surface area contributed by atoms with E-state index in [4.69, 9.17) is 4.74 Å². The van der Waals surface area contributed by atoms with Crippen molar-refractivity contribution in [3.8, 4) is 0 Å². The average molecular weight is 442 g/mol. The number of amides is 1. The van der Waals surface area contributed by atoms with Crippen LogP contribution in [0.1, 0.15) is 35.7 Å². The summed E-state index contributed by atoms with van der Waals surface area (Å²) in [6.07, 6.45) is 1.76. The summed E-state index contributed by atoms with van der Waals surface area (Å²) in [5.74, 6) is -0.486. The zero-order valence-corrected chi connectivity index (χ0v) is 18.1. The van der Waals surface area contributed by atoms with Crippen molar-refractivity contribution in [2.75, 3.05) is 18.9 Å². The van der Waals surface area contributed by atoms with Crippen LogP contribution >= 0.6 is 0 Å². The van der Waals surface area contributed by atoms with Crippen LogP contribution in [0, 0.1) is 0 Å². The van der Waals surface area contributed by atoms with E-state index in [9.17, 15) is 18.0 Å². The molecule has 0 aliphatic carbocycles. The topological polar surface area (TPSA) is 105 Å². The van der Waals surface area contributed by atoms with E-state index in [0.29, 0.717) is 23.5 Å². The highest BCUT2D eigenvalue weighted by molar-refractivity contribution is 7.90. The zero-order chi connectivity index (χ0) is 22.2. The molecule has 9 heteroatoms. The van der Waals surface area contributed by atoms with E-state index in [2.05, 4.69) is 9.71 Å². The molecule has 1 amide bonds. The number of ether oxygens (including phenoxy) is 1. The van der Waals surface area contributed by atoms with Gasteiger partial charge in [-0.3, -0.25) is 4.79 Å². The summed E-state index contributed by atoms with van der Waals surface area (Å²) in [5.41, 5.74) is 0.228. The number of esters is 1. The van der Waals surface area contributed by atoms with Gasteiger partial charge in [0, 0.05) is 32.1 Å². The Morgan fingerprint density at radius 2 is 1.87 bits per heavy atom. The summed E-state index contributed by atoms with van der Waals surface area (Å²) >= 11 is 0. The smallest absolute Gasteiger partial charge is 0.339 e. The number of nitrogens with zero attached hydrogens (tertiary/aromatic N) is 2. The van der Waals surface area contributed by atoms with Gasteiger partial charge in [-0.05, 0) is 49.2 Å². The molecule has 1 N–H and O–H groups in total. The first kappa shape index (κ1) is 21.0. The van der Waals surface area contributed by atoms with Gasteiger partial charge >= 0.3 is 5.97 Å². The standard InChI is InChI=1S/C22H23N3O5S/c1-22(14-15-6-3-4-7-18(15)20(26)30-22)21(27)23-16-9-11-17(12-10-16)31(28,29)24-19-8-5-13-25(19)2/h3-4,6-7,9-12H,5,8,13-14H2,1-2H3,(H,23,27)/b24-19+. The molecule has 2 aliphatic heterocycles. The quantitative estimate of drug-likeness (QED) is 0.732. The van der Waals surface area contributed by atoms with E-state index in [1.807, 2.05) is 18.0 Å². The number of fused-ring (bicyclic) bond motifs is 1. The van der Waals surface area contributed by atoms with Crippen LogP contribution in [0.3, 0.4) is 0 Å². The Morgan fingerprint density at radius 1 is 1.16 bits per heavy atom. The van der Waals surface area contributed by atoms with Crippen molar-refractivity contribution in [1.82, 2.24) is 4.90 Å². The molecule has 0 radical (unpaired) electrons. The molecule has 1 atom stereocenters. The van der Waals surface area contributed by atoms with E-state index < -0.39 is 27.5 Å². The normalized spacial score (nSPS) is 22.2. The molecule has 0 saturated carbocycles. The lowest BCUT2D eigenvalue weighted by Crippen LogP contribution is -2.48. The largest absolute Gasteiger partial charge is 0.445 e. The van der Waals surface area contributed by atoms with Crippen LogP contribution < -0.4 is 5.32 Å². The number of cyclic esters (lactones) is 1. The third kappa shape index (κ3) is 4.18. The van der Waals surface area contributed by atoms with Gasteiger partial charge in [-0.25, -0.2) is 4.79 Å². The van der Waals surface area contributed by atoms with Crippen molar-refractivity contribution in [2.24, 2.45) is 4.40 Å². The summed E-state index contributed by atoms with van der Waals surface area (Å²) in [7, 11) is -2.01. The van der Waals surface area contributed by atoms with Crippen LogP contribution in [0.5, 0.6) is 0 Å². The first-order valence-electron chi connectivity index (χ1n) is 9.96. The molecule has 0 aromatic heterocycles. The van der Waals surface area contributed by atoms with Crippen molar-refractivity contribution in [3.63, 3.8) is 0 Å². The maximum absolute atomic E-state index is 12.9. The number of rotatable bonds is 4. The van der Waals surface area contributed by atoms with E-state index in [1.165, 1.54) is 24.3 Å². The summed E-state index contributed by atoms with van der Waals surface area (Å²) in [6.45, 7) is 2.34. The minimum Gasteiger partial charge on any atom is -0.445 e. The molecule has 8 nitrogen and oxygen atoms in total. The Morgan fingerprint density at radius 3 is 2.55 bits per heavy atom. The zero-order valence-electron chi connectivity index (χ0n) is 17.3. The fourth-order valence-corrected chi connectivity index (χ4v) is 4.83. The fourth-order valence-electron chi connectivity index (χ4n) is 3.73. The van der Waals surface area contributed by atoms with Gasteiger partial charge in [0.15, 0.2) is 5.60 Å². The Hall–Kier alpha value is -3.20. The van der Waals surface area contributed by atoms with Crippen LogP contribution in [-0.2, 0) is 26.0 Å². The Labute approximate surface area is 181 Å². The summed E-state index contributed by atoms with van der Waals surface area (Å²) < 4.78 is 34.5. The predicted molar refractivity (Wildman–Crippen MR) is 116 cm³/mol. The molecule has 0 bridgehead atoms. The molecule has 0 spiro atoms. The molecule has 31 heavy (non-hydrogen) atoms. The molecule has 1 fully saturated rings. The summed E-state index contributed by atoms with van der Waals surface area (Å²) in [4.78, 5) is 27.0. The SMILES string of the molecule is CN1CCC/C1=N\S(=O)(=O)c1ccc(NC(=O)C2(C)Cc3ccccc3C(=O)O2)cc1. The van der Waals surface area contributed by atoms with E-state index in [1.54, 1.807) is 25.1 Å². The second-order valence-corrected chi connectivity index (χ2v) is 9.54. The van der Waals surface area contributed by atoms with Crippen LogP contribution in [0.2, 0.25) is 0 Å². The van der Waals surface area contributed by atoms with Crippen LogP contribution in [-0.4, -0.2) is 50.2 Å². The second kappa shape index (κ2) is 7.81. The van der Waals surface area contributed by atoms with Gasteiger partial charge in [0.1, 0.15) is 5.84 Å². The number of sulfonamides is 1. The third-order valence-electron chi connectivity index (χ3n) is 5.53. The minimum absolute atomic E-state index is 0.0440. The van der Waals surface area contributed by atoms with Crippen LogP contribution in [0.25, 0.3) is 0 Å². The van der Waals surface area contributed by atoms with E-state index in [-0.39, 0.29) is 11.3 Å². The number of anilines is 1. The Bertz CT molecular complexity index is 1170. The van der Waals surface area contributed by atoms with Gasteiger partial charge < -0.3 is 15.0 Å². The van der Waals surface area contributed by atoms with E-state index >= 15 is 0 Å². The molecule has 1 unspecified atom stereocenters. The average Bonchev–Trinajstić information content (AvgIpc) is 3.12. The molecule has 1 saturated heterocycles. The number of hydrogen-bond donors (Lipinski definition) is 1. The first-order valence-corrected chi connectivity index (χ1v) is 11.4. The molecular formula is C22H23N3O5S. The van der Waals surface area contributed by atoms with Crippen molar-refractivity contribution < 1.29 is 22.7 Å². The van der Waals surface area contributed by atoms with Crippen LogP contribution in [0.15, 0.2) is 57.8 Å². The molecule has 2 aromatic carbocycles. The lowest BCUT2D eigenvalue weighted by atomic mass is 9.89. The summed E-state index contributed by atoms with van der Waals surface area (Å²) in [6, 6.07) is 12.8. The van der Waals surface area contributed by atoms with Gasteiger partial charge in [-0.2, -0.15) is 8.42 Å². The predicted octanol–water partition coefficient (Wildman–Crippen LogP) is 2.61.